The Balaban J connectivity index is 2.95. The zero-order chi connectivity index (χ0) is 7.84. The van der Waals surface area contributed by atoms with Crippen molar-refractivity contribution in [3.8, 4) is 0 Å². The Hall–Kier alpha value is -0.890. The highest BCUT2D eigenvalue weighted by atomic mass is 32.1. The molecule has 56 valence electrons. The van der Waals surface area contributed by atoms with Crippen LogP contribution >= 0.6 is 11.3 Å². The van der Waals surface area contributed by atoms with Crippen LogP contribution in [-0.2, 0) is 0 Å². The van der Waals surface area contributed by atoms with Gasteiger partial charge in [-0.1, -0.05) is 6.07 Å². The number of aryl methyl sites for hydroxylation is 2. The predicted octanol–water partition coefficient (Wildman–Crippen LogP) is 2.91. The molecule has 2 aromatic heterocycles. The van der Waals surface area contributed by atoms with Crippen molar-refractivity contribution in [2.75, 3.05) is 0 Å². The molecule has 2 heteroatoms. The van der Waals surface area contributed by atoms with E-state index in [-0.39, 0.29) is 0 Å². The molecule has 0 aliphatic carbocycles. The topological polar surface area (TPSA) is 12.9 Å². The van der Waals surface area contributed by atoms with Crippen LogP contribution < -0.4 is 0 Å². The second kappa shape index (κ2) is 2.31. The average molecular weight is 163 g/mol. The van der Waals surface area contributed by atoms with Gasteiger partial charge >= 0.3 is 0 Å². The van der Waals surface area contributed by atoms with Crippen LogP contribution in [0.25, 0.3) is 10.9 Å². The molecule has 2 heterocycles. The molecule has 0 N–H and O–H groups in total. The Kier molecular flexibility index (Phi) is 1.43. The van der Waals surface area contributed by atoms with Gasteiger partial charge < -0.3 is 0 Å². The lowest BCUT2D eigenvalue weighted by molar-refractivity contribution is 1.40. The van der Waals surface area contributed by atoms with Gasteiger partial charge in [0.1, 0.15) is 0 Å². The van der Waals surface area contributed by atoms with Gasteiger partial charge in [0.15, 0.2) is 0 Å². The number of fused-ring (bicyclic) bond motifs is 1. The quantitative estimate of drug-likeness (QED) is 0.582. The molecule has 0 radical (unpaired) electrons. The molecule has 0 saturated heterocycles. The standard InChI is InChI=1S/C9H9NS/c1-6-8-4-3-5-10-9(8)7(2)11-6/h3-5H,1-2H3. The lowest BCUT2D eigenvalue weighted by Crippen LogP contribution is -1.72. The van der Waals surface area contributed by atoms with Crippen molar-refractivity contribution in [1.82, 2.24) is 4.98 Å². The minimum absolute atomic E-state index is 1.16. The number of hydrogen-bond donors (Lipinski definition) is 0. The highest BCUT2D eigenvalue weighted by Crippen LogP contribution is 2.27. The fourth-order valence-electron chi connectivity index (χ4n) is 1.30. The van der Waals surface area contributed by atoms with E-state index in [1.807, 2.05) is 23.6 Å². The first-order valence-electron chi connectivity index (χ1n) is 3.60. The van der Waals surface area contributed by atoms with Gasteiger partial charge in [0.25, 0.3) is 0 Å². The summed E-state index contributed by atoms with van der Waals surface area (Å²) in [7, 11) is 0. The summed E-state index contributed by atoms with van der Waals surface area (Å²) in [5.41, 5.74) is 1.16. The van der Waals surface area contributed by atoms with E-state index in [1.54, 1.807) is 0 Å². The molecule has 0 aliphatic heterocycles. The maximum Gasteiger partial charge on any atom is 0.0840 e. The Bertz CT molecular complexity index is 353. The number of pyridine rings is 1. The smallest absolute Gasteiger partial charge is 0.0840 e. The SMILES string of the molecule is Cc1sc(C)c2ncccc12. The molecular formula is C9H9NS. The average Bonchev–Trinajstić information content (AvgIpc) is 2.30. The molecule has 0 spiro atoms. The second-order valence-corrected chi connectivity index (χ2v) is 4.04. The van der Waals surface area contributed by atoms with Crippen molar-refractivity contribution in [2.45, 2.75) is 13.8 Å². The third kappa shape index (κ3) is 0.942. The first-order chi connectivity index (χ1) is 5.29. The molecule has 0 amide bonds. The summed E-state index contributed by atoms with van der Waals surface area (Å²) >= 11 is 1.82. The second-order valence-electron chi connectivity index (χ2n) is 2.61. The Labute approximate surface area is 69.7 Å². The molecule has 0 saturated carbocycles. The predicted molar refractivity (Wildman–Crippen MR) is 49.1 cm³/mol. The molecule has 11 heavy (non-hydrogen) atoms. The highest BCUT2D eigenvalue weighted by Gasteiger charge is 2.03. The highest BCUT2D eigenvalue weighted by molar-refractivity contribution is 7.13. The first kappa shape index (κ1) is 6.80. The van der Waals surface area contributed by atoms with E-state index >= 15 is 0 Å². The zero-order valence-corrected chi connectivity index (χ0v) is 7.40. The number of thiophene rings is 1. The van der Waals surface area contributed by atoms with Crippen LogP contribution in [0.2, 0.25) is 0 Å². The van der Waals surface area contributed by atoms with Crippen molar-refractivity contribution in [2.24, 2.45) is 0 Å². The lowest BCUT2D eigenvalue weighted by atomic mass is 10.2. The molecule has 2 aromatic rings. The summed E-state index contributed by atoms with van der Waals surface area (Å²) in [5.74, 6) is 0. The van der Waals surface area contributed by atoms with E-state index in [4.69, 9.17) is 0 Å². The van der Waals surface area contributed by atoms with Gasteiger partial charge in [0.2, 0.25) is 0 Å². The van der Waals surface area contributed by atoms with Crippen LogP contribution in [0.3, 0.4) is 0 Å². The van der Waals surface area contributed by atoms with Crippen LogP contribution in [0.4, 0.5) is 0 Å². The summed E-state index contributed by atoms with van der Waals surface area (Å²) in [6.45, 7) is 4.26. The lowest BCUT2D eigenvalue weighted by Gasteiger charge is -1.87. The summed E-state index contributed by atoms with van der Waals surface area (Å²) in [5, 5.41) is 1.30. The van der Waals surface area contributed by atoms with Crippen molar-refractivity contribution < 1.29 is 0 Å². The van der Waals surface area contributed by atoms with E-state index in [2.05, 4.69) is 24.9 Å². The fourth-order valence-corrected chi connectivity index (χ4v) is 2.30. The van der Waals surface area contributed by atoms with Crippen molar-refractivity contribution in [3.63, 3.8) is 0 Å². The Morgan fingerprint density at radius 3 is 2.82 bits per heavy atom. The Morgan fingerprint density at radius 2 is 2.09 bits per heavy atom. The zero-order valence-electron chi connectivity index (χ0n) is 6.59. The summed E-state index contributed by atoms with van der Waals surface area (Å²) in [4.78, 5) is 7.00. The third-order valence-electron chi connectivity index (χ3n) is 1.83. The van der Waals surface area contributed by atoms with Crippen LogP contribution in [0.1, 0.15) is 9.75 Å². The van der Waals surface area contributed by atoms with Gasteiger partial charge in [-0.2, -0.15) is 0 Å². The van der Waals surface area contributed by atoms with E-state index in [0.29, 0.717) is 0 Å². The summed E-state index contributed by atoms with van der Waals surface area (Å²) < 4.78 is 0. The number of aromatic nitrogens is 1. The maximum absolute atomic E-state index is 4.31. The largest absolute Gasteiger partial charge is 0.255 e. The molecule has 0 unspecified atom stereocenters. The van der Waals surface area contributed by atoms with Gasteiger partial charge in [-0.3, -0.25) is 4.98 Å². The van der Waals surface area contributed by atoms with E-state index in [9.17, 15) is 0 Å². The van der Waals surface area contributed by atoms with Crippen LogP contribution in [-0.4, -0.2) is 4.98 Å². The first-order valence-corrected chi connectivity index (χ1v) is 4.41. The van der Waals surface area contributed by atoms with Gasteiger partial charge in [-0.05, 0) is 19.9 Å². The van der Waals surface area contributed by atoms with E-state index in [0.717, 1.165) is 5.52 Å². The normalized spacial score (nSPS) is 10.7. The number of hydrogen-bond acceptors (Lipinski definition) is 2. The van der Waals surface area contributed by atoms with E-state index in [1.165, 1.54) is 15.1 Å². The van der Waals surface area contributed by atoms with Crippen LogP contribution in [0, 0.1) is 13.8 Å². The van der Waals surface area contributed by atoms with Gasteiger partial charge in [-0.25, -0.2) is 0 Å². The Morgan fingerprint density at radius 1 is 1.27 bits per heavy atom. The number of nitrogens with zero attached hydrogens (tertiary/aromatic N) is 1. The fraction of sp³-hybridized carbons (Fsp3) is 0.222. The van der Waals surface area contributed by atoms with E-state index < -0.39 is 0 Å². The molecule has 0 atom stereocenters. The third-order valence-corrected chi connectivity index (χ3v) is 2.85. The van der Waals surface area contributed by atoms with Crippen molar-refractivity contribution >= 4 is 22.2 Å². The summed E-state index contributed by atoms with van der Waals surface area (Å²) in [6, 6.07) is 4.11. The number of rotatable bonds is 0. The van der Waals surface area contributed by atoms with Crippen LogP contribution in [0.5, 0.6) is 0 Å². The molecule has 0 aromatic carbocycles. The maximum atomic E-state index is 4.31. The van der Waals surface area contributed by atoms with Gasteiger partial charge in [-0.15, -0.1) is 11.3 Å². The molecular weight excluding hydrogens is 154 g/mol. The van der Waals surface area contributed by atoms with Gasteiger partial charge in [0.05, 0.1) is 5.52 Å². The molecule has 0 aliphatic rings. The molecule has 0 bridgehead atoms. The molecule has 0 fully saturated rings. The monoisotopic (exact) mass is 163 g/mol. The summed E-state index contributed by atoms with van der Waals surface area (Å²) in [6.07, 6.45) is 1.85. The minimum Gasteiger partial charge on any atom is -0.255 e. The van der Waals surface area contributed by atoms with Gasteiger partial charge in [0, 0.05) is 21.3 Å². The molecule has 1 nitrogen and oxygen atoms in total. The molecule has 2 rings (SSSR count). The minimum atomic E-state index is 1.16. The van der Waals surface area contributed by atoms with Crippen molar-refractivity contribution in [1.29, 1.82) is 0 Å². The van der Waals surface area contributed by atoms with Crippen LogP contribution in [0.15, 0.2) is 18.3 Å². The van der Waals surface area contributed by atoms with Crippen molar-refractivity contribution in [3.05, 3.63) is 28.1 Å².